The molecule has 1 unspecified atom stereocenters. The van der Waals surface area contributed by atoms with Crippen LogP contribution >= 0.6 is 0 Å². The molecule has 2 heterocycles. The highest BCUT2D eigenvalue weighted by molar-refractivity contribution is 6.11. The van der Waals surface area contributed by atoms with Crippen molar-refractivity contribution < 1.29 is 0 Å². The topological polar surface area (TPSA) is 32.0 Å². The fourth-order valence-corrected chi connectivity index (χ4v) is 8.56. The van der Waals surface area contributed by atoms with Gasteiger partial charge in [0.1, 0.15) is 0 Å². The standard InChI is InChI=1S/C50H35N3/c1-50-30-29-40(32-46(50)44-12-6-8-14-49(44)53(50)42-26-21-37(22-27-42)35-9-3-2-4-10-35)39-23-28-48-45(31-39)43-11-5-7-13-47(43)52(48)41-24-19-38(20-25-41)36-17-15-34(33-51)16-18-36/h2-29,31-32H,30H2,1H3. The Morgan fingerprint density at radius 3 is 1.87 bits per heavy atom. The zero-order chi connectivity index (χ0) is 35.5. The Bertz CT molecular complexity index is 2800. The molecule has 1 aliphatic carbocycles. The summed E-state index contributed by atoms with van der Waals surface area (Å²) in [5.41, 5.74) is 16.3. The van der Waals surface area contributed by atoms with Crippen LogP contribution < -0.4 is 4.90 Å². The van der Waals surface area contributed by atoms with E-state index in [9.17, 15) is 5.26 Å². The maximum atomic E-state index is 9.21. The molecule has 0 fully saturated rings. The molecule has 53 heavy (non-hydrogen) atoms. The van der Waals surface area contributed by atoms with Crippen LogP contribution in [-0.4, -0.2) is 10.1 Å². The zero-order valence-electron chi connectivity index (χ0n) is 29.4. The van der Waals surface area contributed by atoms with Gasteiger partial charge < -0.3 is 9.47 Å². The minimum absolute atomic E-state index is 0.203. The minimum Gasteiger partial charge on any atom is -0.331 e. The van der Waals surface area contributed by atoms with Crippen molar-refractivity contribution in [3.05, 3.63) is 199 Å². The first-order chi connectivity index (χ1) is 26.1. The van der Waals surface area contributed by atoms with Crippen molar-refractivity contribution >= 4 is 44.3 Å². The Morgan fingerprint density at radius 1 is 0.547 bits per heavy atom. The molecule has 3 nitrogen and oxygen atoms in total. The quantitative estimate of drug-likeness (QED) is 0.182. The summed E-state index contributed by atoms with van der Waals surface area (Å²) >= 11 is 0. The van der Waals surface area contributed by atoms with E-state index in [4.69, 9.17) is 0 Å². The molecule has 250 valence electrons. The van der Waals surface area contributed by atoms with Crippen molar-refractivity contribution in [3.8, 4) is 34.0 Å². The molecular weight excluding hydrogens is 643 g/mol. The van der Waals surface area contributed by atoms with E-state index in [0.717, 1.165) is 23.2 Å². The SMILES string of the molecule is CC12CC=C(c3ccc4c(c3)c3ccccc3n4-c3ccc(-c4ccc(C#N)cc4)cc3)C=C1c1ccccc1N2c1ccc(-c2ccccc2)cc1. The molecule has 7 aromatic carbocycles. The van der Waals surface area contributed by atoms with Gasteiger partial charge in [-0.25, -0.2) is 0 Å². The van der Waals surface area contributed by atoms with Crippen LogP contribution in [0.3, 0.4) is 0 Å². The fourth-order valence-electron chi connectivity index (χ4n) is 8.56. The van der Waals surface area contributed by atoms with Gasteiger partial charge in [0.05, 0.1) is 28.2 Å². The number of para-hydroxylation sites is 2. The maximum Gasteiger partial charge on any atom is 0.0991 e. The number of aromatic nitrogens is 1. The molecule has 1 atom stereocenters. The highest BCUT2D eigenvalue weighted by atomic mass is 15.2. The summed E-state index contributed by atoms with van der Waals surface area (Å²) in [6.07, 6.45) is 5.76. The van der Waals surface area contributed by atoms with Gasteiger partial charge in [-0.15, -0.1) is 0 Å². The number of hydrogen-bond donors (Lipinski definition) is 0. The predicted octanol–water partition coefficient (Wildman–Crippen LogP) is 12.8. The van der Waals surface area contributed by atoms with Crippen molar-refractivity contribution in [1.29, 1.82) is 5.26 Å². The largest absolute Gasteiger partial charge is 0.331 e. The van der Waals surface area contributed by atoms with E-state index in [0.29, 0.717) is 5.56 Å². The number of hydrogen-bond acceptors (Lipinski definition) is 2. The van der Waals surface area contributed by atoms with Crippen LogP contribution in [0.15, 0.2) is 182 Å². The Labute approximate surface area is 309 Å². The van der Waals surface area contributed by atoms with E-state index in [1.807, 2.05) is 24.3 Å². The van der Waals surface area contributed by atoms with E-state index >= 15 is 0 Å². The number of allylic oxidation sites excluding steroid dienone is 2. The Kier molecular flexibility index (Phi) is 7.06. The van der Waals surface area contributed by atoms with Crippen LogP contribution in [0.5, 0.6) is 0 Å². The molecule has 3 heteroatoms. The lowest BCUT2D eigenvalue weighted by Gasteiger charge is -2.39. The molecule has 2 aliphatic rings. The average molecular weight is 678 g/mol. The number of fused-ring (bicyclic) bond motifs is 6. The van der Waals surface area contributed by atoms with Crippen molar-refractivity contribution in [2.75, 3.05) is 4.90 Å². The van der Waals surface area contributed by atoms with Crippen LogP contribution in [0.1, 0.15) is 30.0 Å². The van der Waals surface area contributed by atoms with Crippen LogP contribution in [0.2, 0.25) is 0 Å². The lowest BCUT2D eigenvalue weighted by atomic mass is 9.79. The van der Waals surface area contributed by atoms with E-state index in [2.05, 4.69) is 180 Å². The fraction of sp³-hybridized carbons (Fsp3) is 0.0600. The molecule has 0 saturated carbocycles. The molecule has 0 N–H and O–H groups in total. The highest BCUT2D eigenvalue weighted by Crippen LogP contribution is 2.55. The molecule has 10 rings (SSSR count). The normalized spacial score (nSPS) is 16.2. The summed E-state index contributed by atoms with van der Waals surface area (Å²) in [7, 11) is 0. The van der Waals surface area contributed by atoms with Crippen LogP contribution in [0.25, 0.3) is 60.9 Å². The van der Waals surface area contributed by atoms with Crippen LogP contribution in [0.4, 0.5) is 11.4 Å². The lowest BCUT2D eigenvalue weighted by molar-refractivity contribution is 0.608. The van der Waals surface area contributed by atoms with Gasteiger partial charge in [0.15, 0.2) is 0 Å². The Balaban J connectivity index is 1.02. The zero-order valence-corrected chi connectivity index (χ0v) is 29.4. The Hall–Kier alpha value is -6.89. The molecule has 0 spiro atoms. The van der Waals surface area contributed by atoms with E-state index < -0.39 is 0 Å². The summed E-state index contributed by atoms with van der Waals surface area (Å²) in [6.45, 7) is 2.39. The molecule has 8 aromatic rings. The molecule has 0 amide bonds. The van der Waals surface area contributed by atoms with Gasteiger partial charge in [-0.3, -0.25) is 0 Å². The summed E-state index contributed by atoms with van der Waals surface area (Å²) in [6, 6.07) is 62.9. The molecular formula is C50H35N3. The van der Waals surface area contributed by atoms with Crippen LogP contribution in [-0.2, 0) is 0 Å². The molecule has 0 bridgehead atoms. The lowest BCUT2D eigenvalue weighted by Crippen LogP contribution is -2.40. The minimum atomic E-state index is -0.203. The molecule has 0 saturated heterocycles. The van der Waals surface area contributed by atoms with Crippen LogP contribution in [0, 0.1) is 11.3 Å². The van der Waals surface area contributed by atoms with Crippen molar-refractivity contribution in [2.45, 2.75) is 18.9 Å². The molecule has 1 aromatic heterocycles. The average Bonchev–Trinajstić information content (AvgIpc) is 3.69. The third-order valence-electron chi connectivity index (χ3n) is 11.2. The van der Waals surface area contributed by atoms with Gasteiger partial charge >= 0.3 is 0 Å². The number of nitrogens with zero attached hydrogens (tertiary/aromatic N) is 3. The smallest absolute Gasteiger partial charge is 0.0991 e. The second kappa shape index (κ2) is 12.1. The third-order valence-corrected chi connectivity index (χ3v) is 11.2. The number of benzene rings is 7. The van der Waals surface area contributed by atoms with Crippen molar-refractivity contribution in [3.63, 3.8) is 0 Å². The van der Waals surface area contributed by atoms with Gasteiger partial charge in [0, 0.05) is 33.4 Å². The first-order valence-corrected chi connectivity index (χ1v) is 18.2. The van der Waals surface area contributed by atoms with Gasteiger partial charge in [0.25, 0.3) is 0 Å². The predicted molar refractivity (Wildman–Crippen MR) is 220 cm³/mol. The third kappa shape index (κ3) is 4.95. The second-order valence-electron chi connectivity index (χ2n) is 14.3. The van der Waals surface area contributed by atoms with Crippen molar-refractivity contribution in [1.82, 2.24) is 4.57 Å². The number of rotatable bonds is 5. The number of nitriles is 1. The molecule has 1 aliphatic heterocycles. The van der Waals surface area contributed by atoms with E-state index in [1.54, 1.807) is 0 Å². The van der Waals surface area contributed by atoms with E-state index in [1.165, 1.54) is 66.6 Å². The summed E-state index contributed by atoms with van der Waals surface area (Å²) in [4.78, 5) is 2.54. The monoisotopic (exact) mass is 677 g/mol. The van der Waals surface area contributed by atoms with Crippen molar-refractivity contribution in [2.24, 2.45) is 0 Å². The maximum absolute atomic E-state index is 9.21. The second-order valence-corrected chi connectivity index (χ2v) is 14.3. The first kappa shape index (κ1) is 30.9. The first-order valence-electron chi connectivity index (χ1n) is 18.2. The highest BCUT2D eigenvalue weighted by Gasteiger charge is 2.45. The van der Waals surface area contributed by atoms with Gasteiger partial charge in [-0.1, -0.05) is 115 Å². The summed E-state index contributed by atoms with van der Waals surface area (Å²) in [5.74, 6) is 0. The summed E-state index contributed by atoms with van der Waals surface area (Å²) < 4.78 is 2.37. The van der Waals surface area contributed by atoms with Gasteiger partial charge in [-0.2, -0.15) is 5.26 Å². The van der Waals surface area contributed by atoms with E-state index in [-0.39, 0.29) is 5.54 Å². The van der Waals surface area contributed by atoms with Gasteiger partial charge in [-0.05, 0) is 119 Å². The number of anilines is 2. The van der Waals surface area contributed by atoms with Gasteiger partial charge in [0.2, 0.25) is 0 Å². The summed E-state index contributed by atoms with van der Waals surface area (Å²) in [5, 5.41) is 11.7. The Morgan fingerprint density at radius 2 is 1.13 bits per heavy atom. The molecule has 0 radical (unpaired) electrons.